The van der Waals surface area contributed by atoms with Gasteiger partial charge in [0, 0.05) is 12.6 Å². The molecule has 0 bridgehead atoms. The van der Waals surface area contributed by atoms with Gasteiger partial charge in [-0.3, -0.25) is 4.79 Å². The van der Waals surface area contributed by atoms with Gasteiger partial charge in [0.15, 0.2) is 0 Å². The molecular weight excluding hydrogens is 254 g/mol. The first-order valence-electron chi connectivity index (χ1n) is 6.28. The minimum atomic E-state index is -0.0896. The fourth-order valence-corrected chi connectivity index (χ4v) is 1.82. The Bertz CT molecular complexity index is 606. The topological polar surface area (TPSA) is 47.6 Å². The van der Waals surface area contributed by atoms with Gasteiger partial charge in [0.2, 0.25) is 5.91 Å². The van der Waals surface area contributed by atoms with Crippen molar-refractivity contribution in [3.05, 3.63) is 48.0 Å². The Balaban J connectivity index is 2.14. The van der Waals surface area contributed by atoms with E-state index in [9.17, 15) is 4.79 Å². The van der Waals surface area contributed by atoms with Crippen LogP contribution in [0.25, 0.3) is 0 Å². The number of amides is 1. The zero-order chi connectivity index (χ0) is 14.5. The van der Waals surface area contributed by atoms with E-state index in [1.807, 2.05) is 49.4 Å². The average molecular weight is 271 g/mol. The van der Waals surface area contributed by atoms with E-state index < -0.39 is 0 Å². The number of methoxy groups -OCH3 is 1. The van der Waals surface area contributed by atoms with Gasteiger partial charge < -0.3 is 14.8 Å². The molecule has 0 aliphatic rings. The lowest BCUT2D eigenvalue weighted by Gasteiger charge is -2.11. The van der Waals surface area contributed by atoms with Crippen LogP contribution in [0.4, 0.5) is 5.69 Å². The standard InChI is InChI=1S/C16H17NO3/c1-11-10-13(17-12(2)18)4-9-16(11)20-15-7-5-14(19-3)6-8-15/h4-10H,1-3H3,(H,17,18). The number of rotatable bonds is 4. The van der Waals surface area contributed by atoms with Crippen molar-refractivity contribution in [2.24, 2.45) is 0 Å². The molecule has 0 saturated carbocycles. The van der Waals surface area contributed by atoms with E-state index in [1.54, 1.807) is 7.11 Å². The van der Waals surface area contributed by atoms with Crippen molar-refractivity contribution in [1.82, 2.24) is 0 Å². The summed E-state index contributed by atoms with van der Waals surface area (Å²) in [5.41, 5.74) is 1.71. The van der Waals surface area contributed by atoms with Gasteiger partial charge in [0.1, 0.15) is 17.2 Å². The highest BCUT2D eigenvalue weighted by atomic mass is 16.5. The van der Waals surface area contributed by atoms with Gasteiger partial charge >= 0.3 is 0 Å². The van der Waals surface area contributed by atoms with Crippen LogP contribution in [0.3, 0.4) is 0 Å². The fourth-order valence-electron chi connectivity index (χ4n) is 1.82. The first-order valence-corrected chi connectivity index (χ1v) is 6.28. The summed E-state index contributed by atoms with van der Waals surface area (Å²) >= 11 is 0. The fraction of sp³-hybridized carbons (Fsp3) is 0.188. The second kappa shape index (κ2) is 6.10. The Kier molecular flexibility index (Phi) is 4.25. The molecule has 0 spiro atoms. The van der Waals surface area contributed by atoms with Crippen LogP contribution in [0, 0.1) is 6.92 Å². The quantitative estimate of drug-likeness (QED) is 0.921. The molecule has 0 radical (unpaired) electrons. The number of carbonyl (C=O) groups is 1. The third-order valence-corrected chi connectivity index (χ3v) is 2.78. The number of ether oxygens (including phenoxy) is 2. The number of carbonyl (C=O) groups excluding carboxylic acids is 1. The van der Waals surface area contributed by atoms with Gasteiger partial charge in [-0.05, 0) is 55.0 Å². The molecular formula is C16H17NO3. The van der Waals surface area contributed by atoms with E-state index in [-0.39, 0.29) is 5.91 Å². The monoisotopic (exact) mass is 271 g/mol. The number of hydrogen-bond acceptors (Lipinski definition) is 3. The van der Waals surface area contributed by atoms with Crippen LogP contribution in [0.2, 0.25) is 0 Å². The van der Waals surface area contributed by atoms with Gasteiger partial charge in [-0.25, -0.2) is 0 Å². The number of nitrogens with one attached hydrogen (secondary N) is 1. The van der Waals surface area contributed by atoms with Gasteiger partial charge in [-0.1, -0.05) is 0 Å². The molecule has 0 aliphatic heterocycles. The number of aryl methyl sites for hydroxylation is 1. The van der Waals surface area contributed by atoms with Crippen LogP contribution >= 0.6 is 0 Å². The van der Waals surface area contributed by atoms with E-state index in [0.29, 0.717) is 0 Å². The largest absolute Gasteiger partial charge is 0.497 e. The highest BCUT2D eigenvalue weighted by Gasteiger charge is 2.04. The molecule has 2 aromatic rings. The maximum atomic E-state index is 11.0. The first-order chi connectivity index (χ1) is 9.58. The lowest BCUT2D eigenvalue weighted by atomic mass is 10.2. The molecule has 0 fully saturated rings. The van der Waals surface area contributed by atoms with Crippen LogP contribution in [0.5, 0.6) is 17.2 Å². The second-order valence-corrected chi connectivity index (χ2v) is 4.44. The average Bonchev–Trinajstić information content (AvgIpc) is 2.42. The van der Waals surface area contributed by atoms with Gasteiger partial charge in [-0.15, -0.1) is 0 Å². The summed E-state index contributed by atoms with van der Waals surface area (Å²) in [7, 11) is 1.63. The third-order valence-electron chi connectivity index (χ3n) is 2.78. The lowest BCUT2D eigenvalue weighted by molar-refractivity contribution is -0.114. The molecule has 4 nitrogen and oxygen atoms in total. The Hall–Kier alpha value is -2.49. The normalized spacial score (nSPS) is 9.95. The molecule has 0 aliphatic carbocycles. The third kappa shape index (κ3) is 3.51. The highest BCUT2D eigenvalue weighted by molar-refractivity contribution is 5.88. The zero-order valence-electron chi connectivity index (χ0n) is 11.8. The van der Waals surface area contributed by atoms with Gasteiger partial charge in [-0.2, -0.15) is 0 Å². The molecule has 0 heterocycles. The summed E-state index contributed by atoms with van der Waals surface area (Å²) in [6.07, 6.45) is 0. The van der Waals surface area contributed by atoms with Crippen molar-refractivity contribution in [2.75, 3.05) is 12.4 Å². The second-order valence-electron chi connectivity index (χ2n) is 4.44. The highest BCUT2D eigenvalue weighted by Crippen LogP contribution is 2.28. The summed E-state index contributed by atoms with van der Waals surface area (Å²) in [6, 6.07) is 12.9. The van der Waals surface area contributed by atoms with Crippen LogP contribution in [-0.4, -0.2) is 13.0 Å². The summed E-state index contributed by atoms with van der Waals surface area (Å²) in [6.45, 7) is 3.42. The minimum Gasteiger partial charge on any atom is -0.497 e. The molecule has 0 atom stereocenters. The Morgan fingerprint density at radius 2 is 1.70 bits per heavy atom. The van der Waals surface area contributed by atoms with Crippen molar-refractivity contribution < 1.29 is 14.3 Å². The number of hydrogen-bond donors (Lipinski definition) is 1. The van der Waals surface area contributed by atoms with E-state index in [1.165, 1.54) is 6.92 Å². The molecule has 2 aromatic carbocycles. The molecule has 4 heteroatoms. The number of benzene rings is 2. The first kappa shape index (κ1) is 13.9. The van der Waals surface area contributed by atoms with Crippen LogP contribution < -0.4 is 14.8 Å². The van der Waals surface area contributed by atoms with Crippen LogP contribution in [0.15, 0.2) is 42.5 Å². The van der Waals surface area contributed by atoms with Crippen molar-refractivity contribution in [3.8, 4) is 17.2 Å². The predicted octanol–water partition coefficient (Wildman–Crippen LogP) is 3.75. The summed E-state index contributed by atoms with van der Waals surface area (Å²) in [5.74, 6) is 2.19. The van der Waals surface area contributed by atoms with Crippen LogP contribution in [-0.2, 0) is 4.79 Å². The SMILES string of the molecule is COc1ccc(Oc2ccc(NC(C)=O)cc2C)cc1. The maximum Gasteiger partial charge on any atom is 0.221 e. The predicted molar refractivity (Wildman–Crippen MR) is 78.6 cm³/mol. The smallest absolute Gasteiger partial charge is 0.221 e. The summed E-state index contributed by atoms with van der Waals surface area (Å²) in [4.78, 5) is 11.0. The molecule has 1 amide bonds. The van der Waals surface area contributed by atoms with E-state index >= 15 is 0 Å². The van der Waals surface area contributed by atoms with Crippen molar-refractivity contribution in [3.63, 3.8) is 0 Å². The Morgan fingerprint density at radius 1 is 1.05 bits per heavy atom. The van der Waals surface area contributed by atoms with E-state index in [2.05, 4.69) is 5.32 Å². The summed E-state index contributed by atoms with van der Waals surface area (Å²) < 4.78 is 10.9. The molecule has 2 rings (SSSR count). The maximum absolute atomic E-state index is 11.0. The molecule has 20 heavy (non-hydrogen) atoms. The van der Waals surface area contributed by atoms with Crippen LogP contribution in [0.1, 0.15) is 12.5 Å². The molecule has 0 saturated heterocycles. The van der Waals surface area contributed by atoms with Crippen molar-refractivity contribution in [2.45, 2.75) is 13.8 Å². The minimum absolute atomic E-state index is 0.0896. The molecule has 104 valence electrons. The lowest BCUT2D eigenvalue weighted by Crippen LogP contribution is -2.05. The summed E-state index contributed by atoms with van der Waals surface area (Å²) in [5, 5.41) is 2.74. The van der Waals surface area contributed by atoms with Gasteiger partial charge in [0.25, 0.3) is 0 Å². The van der Waals surface area contributed by atoms with E-state index in [0.717, 1.165) is 28.5 Å². The molecule has 1 N–H and O–H groups in total. The molecule has 0 aromatic heterocycles. The zero-order valence-corrected chi connectivity index (χ0v) is 11.8. The molecule has 0 unspecified atom stereocenters. The Labute approximate surface area is 118 Å². The van der Waals surface area contributed by atoms with Crippen molar-refractivity contribution >= 4 is 11.6 Å². The van der Waals surface area contributed by atoms with Gasteiger partial charge in [0.05, 0.1) is 7.11 Å². The Morgan fingerprint density at radius 3 is 2.25 bits per heavy atom. The number of anilines is 1. The van der Waals surface area contributed by atoms with E-state index in [4.69, 9.17) is 9.47 Å². The van der Waals surface area contributed by atoms with Crippen molar-refractivity contribution in [1.29, 1.82) is 0 Å².